The number of carbonyl (C=O) groups excluding carboxylic acids is 3. The number of benzene rings is 1. The van der Waals surface area contributed by atoms with E-state index in [1.54, 1.807) is 0 Å². The Kier molecular flexibility index (Phi) is 12.9. The van der Waals surface area contributed by atoms with E-state index in [9.17, 15) is 14.4 Å². The van der Waals surface area contributed by atoms with Crippen molar-refractivity contribution >= 4 is 59.4 Å². The third-order valence-electron chi connectivity index (χ3n) is 7.75. The van der Waals surface area contributed by atoms with Crippen LogP contribution in [0.5, 0.6) is 0 Å². The average Bonchev–Trinajstić information content (AvgIpc) is 3.37. The lowest BCUT2D eigenvalue weighted by Gasteiger charge is -2.39. The molecule has 0 N–H and O–H groups in total. The molecule has 1 aliphatic heterocycles. The van der Waals surface area contributed by atoms with Crippen LogP contribution in [0, 0.1) is 0 Å². The maximum absolute atomic E-state index is 13.9. The number of aromatic nitrogens is 1. The Morgan fingerprint density at radius 2 is 1.76 bits per heavy atom. The lowest BCUT2D eigenvalue weighted by atomic mass is 9.88. The minimum absolute atomic E-state index is 0.0204. The molecule has 0 spiro atoms. The summed E-state index contributed by atoms with van der Waals surface area (Å²) in [6, 6.07) is 3.72. The summed E-state index contributed by atoms with van der Waals surface area (Å²) < 4.78 is 7.50. The van der Waals surface area contributed by atoms with Gasteiger partial charge in [-0.3, -0.25) is 14.5 Å². The number of ether oxygens (including phenoxy) is 1. The number of hydrogen-bond donors (Lipinski definition) is 2. The Labute approximate surface area is 255 Å². The molecule has 2 heterocycles. The molecule has 10 heteroatoms. The van der Waals surface area contributed by atoms with Crippen molar-refractivity contribution in [2.24, 2.45) is 5.16 Å². The van der Waals surface area contributed by atoms with E-state index in [1.807, 2.05) is 43.7 Å². The lowest BCUT2D eigenvalue weighted by molar-refractivity contribution is -0.143. The van der Waals surface area contributed by atoms with Crippen LogP contribution >= 0.6 is 25.3 Å². The standard InChI is InChI=1S/C31H45N3O5S2/c1-5-7-8-9-12-27(35)39-32-26(11-10-17-40)29(36)25-20-33(6-2)28-23(21-41)18-22(19-24(25)28)30(37)31(3,4)34-13-15-38-16-14-34/h18-20,40-41H,5-17,21H2,1-4H3/b32-26+. The average molecular weight is 604 g/mol. The topological polar surface area (TPSA) is 90.2 Å². The summed E-state index contributed by atoms with van der Waals surface area (Å²) in [6.45, 7) is 11.2. The van der Waals surface area contributed by atoms with Crippen LogP contribution in [0.2, 0.25) is 0 Å². The predicted octanol–water partition coefficient (Wildman–Crippen LogP) is 6.15. The van der Waals surface area contributed by atoms with Gasteiger partial charge in [0.25, 0.3) is 0 Å². The molecule has 0 radical (unpaired) electrons. The van der Waals surface area contributed by atoms with Gasteiger partial charge in [0.05, 0.1) is 24.3 Å². The van der Waals surface area contributed by atoms with Gasteiger partial charge in [-0.1, -0.05) is 31.3 Å². The number of oxime groups is 1. The number of morpholine rings is 1. The van der Waals surface area contributed by atoms with Crippen LogP contribution in [-0.4, -0.2) is 70.3 Å². The summed E-state index contributed by atoms with van der Waals surface area (Å²) in [5.41, 5.74) is 2.14. The van der Waals surface area contributed by atoms with E-state index in [4.69, 9.17) is 9.57 Å². The van der Waals surface area contributed by atoms with Crippen LogP contribution in [0.15, 0.2) is 23.5 Å². The third kappa shape index (κ3) is 8.24. The van der Waals surface area contributed by atoms with Gasteiger partial charge in [0.15, 0.2) is 5.78 Å². The van der Waals surface area contributed by atoms with Gasteiger partial charge in [0.2, 0.25) is 5.78 Å². The van der Waals surface area contributed by atoms with Crippen LogP contribution in [-0.2, 0) is 26.7 Å². The molecule has 2 aromatic rings. The number of rotatable bonds is 16. The second-order valence-corrected chi connectivity index (χ2v) is 11.7. The molecule has 1 aliphatic rings. The third-order valence-corrected chi connectivity index (χ3v) is 8.41. The monoisotopic (exact) mass is 603 g/mol. The van der Waals surface area contributed by atoms with Gasteiger partial charge in [-0.15, -0.1) is 0 Å². The molecule has 1 aromatic heterocycles. The minimum atomic E-state index is -0.743. The fraction of sp³-hybridized carbons (Fsp3) is 0.613. The smallest absolute Gasteiger partial charge is 0.335 e. The van der Waals surface area contributed by atoms with Crippen LogP contribution in [0.25, 0.3) is 10.9 Å². The van der Waals surface area contributed by atoms with Crippen molar-refractivity contribution in [2.75, 3.05) is 32.1 Å². The summed E-state index contributed by atoms with van der Waals surface area (Å²) in [7, 11) is 0. The highest BCUT2D eigenvalue weighted by atomic mass is 32.1. The number of hydrogen-bond acceptors (Lipinski definition) is 9. The van der Waals surface area contributed by atoms with Gasteiger partial charge in [0.1, 0.15) is 5.71 Å². The summed E-state index contributed by atoms with van der Waals surface area (Å²) in [5.74, 6) is 0.193. The molecule has 1 saturated heterocycles. The van der Waals surface area contributed by atoms with Crippen LogP contribution in [0.1, 0.15) is 98.9 Å². The Morgan fingerprint density at radius 1 is 1.02 bits per heavy atom. The Morgan fingerprint density at radius 3 is 2.39 bits per heavy atom. The fourth-order valence-corrected chi connectivity index (χ4v) is 5.68. The first-order valence-electron chi connectivity index (χ1n) is 14.8. The molecule has 226 valence electrons. The second kappa shape index (κ2) is 15.9. The van der Waals surface area contributed by atoms with Crippen molar-refractivity contribution in [3.63, 3.8) is 0 Å². The quantitative estimate of drug-likeness (QED) is 0.0598. The number of fused-ring (bicyclic) bond motifs is 1. The molecule has 0 saturated carbocycles. The highest BCUT2D eigenvalue weighted by molar-refractivity contribution is 7.80. The summed E-state index contributed by atoms with van der Waals surface area (Å²) in [4.78, 5) is 47.5. The zero-order valence-electron chi connectivity index (χ0n) is 24.9. The molecular weight excluding hydrogens is 558 g/mol. The molecule has 0 atom stereocenters. The first-order valence-corrected chi connectivity index (χ1v) is 16.0. The van der Waals surface area contributed by atoms with Gasteiger partial charge < -0.3 is 14.1 Å². The largest absolute Gasteiger partial charge is 0.379 e. The Hall–Kier alpha value is -2.14. The van der Waals surface area contributed by atoms with E-state index >= 15 is 0 Å². The van der Waals surface area contributed by atoms with Gasteiger partial charge >= 0.3 is 5.97 Å². The number of carbonyl (C=O) groups is 3. The zero-order chi connectivity index (χ0) is 30.0. The Balaban J connectivity index is 2.01. The second-order valence-electron chi connectivity index (χ2n) is 11.0. The van der Waals surface area contributed by atoms with Crippen molar-refractivity contribution < 1.29 is 24.0 Å². The molecule has 0 bridgehead atoms. The molecule has 0 amide bonds. The number of nitrogens with zero attached hydrogens (tertiary/aromatic N) is 3. The van der Waals surface area contributed by atoms with E-state index in [-0.39, 0.29) is 23.7 Å². The van der Waals surface area contributed by atoms with Crippen molar-refractivity contribution in [3.05, 3.63) is 35.0 Å². The first-order chi connectivity index (χ1) is 19.7. The van der Waals surface area contributed by atoms with Gasteiger partial charge in [0, 0.05) is 54.5 Å². The highest BCUT2D eigenvalue weighted by Crippen LogP contribution is 2.31. The predicted molar refractivity (Wildman–Crippen MR) is 171 cm³/mol. The molecule has 1 fully saturated rings. The van der Waals surface area contributed by atoms with Crippen molar-refractivity contribution in [1.82, 2.24) is 9.47 Å². The number of unbranched alkanes of at least 4 members (excludes halogenated alkanes) is 3. The normalized spacial score (nSPS) is 14.9. The zero-order valence-corrected chi connectivity index (χ0v) is 26.7. The molecule has 3 rings (SSSR count). The van der Waals surface area contributed by atoms with E-state index in [1.165, 1.54) is 0 Å². The fourth-order valence-electron chi connectivity index (χ4n) is 5.28. The first kappa shape index (κ1) is 33.4. The van der Waals surface area contributed by atoms with E-state index in [0.29, 0.717) is 73.7 Å². The van der Waals surface area contributed by atoms with Crippen LogP contribution < -0.4 is 0 Å². The van der Waals surface area contributed by atoms with Gasteiger partial charge in [-0.25, -0.2) is 4.79 Å². The maximum Gasteiger partial charge on any atom is 0.335 e. The SMILES string of the molecule is CCCCCCC(=O)O/N=C(\CCCS)C(=O)c1cn(CC)c2c(CS)cc(C(=O)C(C)(C)N3CCOCC3)cc12. The summed E-state index contributed by atoms with van der Waals surface area (Å²) >= 11 is 8.88. The van der Waals surface area contributed by atoms with Crippen molar-refractivity contribution in [3.8, 4) is 0 Å². The Bertz CT molecular complexity index is 1250. The van der Waals surface area contributed by atoms with Crippen LogP contribution in [0.4, 0.5) is 0 Å². The number of Topliss-reactive ketones (excluding diaryl/α,β-unsaturated/α-hetero) is 2. The maximum atomic E-state index is 13.9. The van der Waals surface area contributed by atoms with Gasteiger partial charge in [-0.2, -0.15) is 25.3 Å². The van der Waals surface area contributed by atoms with Crippen LogP contribution in [0.3, 0.4) is 0 Å². The minimum Gasteiger partial charge on any atom is -0.379 e. The number of ketones is 2. The summed E-state index contributed by atoms with van der Waals surface area (Å²) in [6.07, 6.45) is 6.83. The van der Waals surface area contributed by atoms with E-state index in [2.05, 4.69) is 42.2 Å². The lowest BCUT2D eigenvalue weighted by Crippen LogP contribution is -2.54. The van der Waals surface area contributed by atoms with E-state index < -0.39 is 11.5 Å². The molecule has 1 aromatic carbocycles. The number of thiol groups is 2. The molecule has 0 unspecified atom stereocenters. The molecular formula is C31H45N3O5S2. The van der Waals surface area contributed by atoms with E-state index in [0.717, 1.165) is 36.8 Å². The highest BCUT2D eigenvalue weighted by Gasteiger charge is 2.36. The summed E-state index contributed by atoms with van der Waals surface area (Å²) in [5, 5.41) is 4.73. The van der Waals surface area contributed by atoms with Crippen molar-refractivity contribution in [1.29, 1.82) is 0 Å². The number of aryl methyl sites for hydroxylation is 1. The molecule has 41 heavy (non-hydrogen) atoms. The molecule has 0 aliphatic carbocycles. The van der Waals surface area contributed by atoms with Gasteiger partial charge in [-0.05, 0) is 63.5 Å². The molecule has 8 nitrogen and oxygen atoms in total. The van der Waals surface area contributed by atoms with Crippen molar-refractivity contribution in [2.45, 2.75) is 90.5 Å².